The van der Waals surface area contributed by atoms with Gasteiger partial charge in [0.05, 0.1) is 5.56 Å². The predicted molar refractivity (Wildman–Crippen MR) is 125 cm³/mol. The van der Waals surface area contributed by atoms with Crippen LogP contribution in [0, 0.1) is 0 Å². The number of carbonyl (C=O) groups is 3. The topological polar surface area (TPSA) is 189 Å². The van der Waals surface area contributed by atoms with E-state index in [2.05, 4.69) is 0 Å². The first-order valence-corrected chi connectivity index (χ1v) is 11.0. The van der Waals surface area contributed by atoms with E-state index in [1.807, 2.05) is 0 Å². The van der Waals surface area contributed by atoms with Gasteiger partial charge < -0.3 is 44.5 Å². The molecule has 2 aromatic rings. The monoisotopic (exact) mass is 518 g/mol. The number of phenols is 3. The SMILES string of the molecule is CC(=O)OCC1OC(Oc2ccc(C(=O)C=Cc3ccc(O)cc3)c(O)c2O)C(O)C(OC(C)=O)C1O. The van der Waals surface area contributed by atoms with Crippen molar-refractivity contribution >= 4 is 23.8 Å². The minimum atomic E-state index is -1.75. The van der Waals surface area contributed by atoms with Gasteiger partial charge in [0.2, 0.25) is 12.0 Å². The van der Waals surface area contributed by atoms with Crippen LogP contribution in [0.5, 0.6) is 23.0 Å². The Morgan fingerprint density at radius 2 is 1.59 bits per heavy atom. The van der Waals surface area contributed by atoms with E-state index in [1.165, 1.54) is 18.2 Å². The third-order valence-corrected chi connectivity index (χ3v) is 5.34. The second-order valence-electron chi connectivity index (χ2n) is 8.12. The third kappa shape index (κ3) is 6.76. The number of rotatable bonds is 8. The number of aliphatic hydroxyl groups is 2. The number of aromatic hydroxyl groups is 3. The van der Waals surface area contributed by atoms with Gasteiger partial charge in [-0.15, -0.1) is 0 Å². The first-order valence-electron chi connectivity index (χ1n) is 11.0. The molecule has 0 aromatic heterocycles. The first-order chi connectivity index (χ1) is 17.5. The molecule has 0 bridgehead atoms. The van der Waals surface area contributed by atoms with Crippen molar-refractivity contribution in [3.63, 3.8) is 0 Å². The Morgan fingerprint density at radius 3 is 2.22 bits per heavy atom. The van der Waals surface area contributed by atoms with Crippen molar-refractivity contribution in [2.45, 2.75) is 44.6 Å². The van der Waals surface area contributed by atoms with E-state index >= 15 is 0 Å². The largest absolute Gasteiger partial charge is 0.508 e. The Hall–Kier alpha value is -4.13. The van der Waals surface area contributed by atoms with Gasteiger partial charge in [-0.3, -0.25) is 14.4 Å². The van der Waals surface area contributed by atoms with Crippen LogP contribution in [0.15, 0.2) is 42.5 Å². The van der Waals surface area contributed by atoms with Crippen LogP contribution < -0.4 is 4.74 Å². The molecule has 0 radical (unpaired) electrons. The van der Waals surface area contributed by atoms with Gasteiger partial charge >= 0.3 is 11.9 Å². The van der Waals surface area contributed by atoms with Gasteiger partial charge in [0.1, 0.15) is 24.6 Å². The maximum atomic E-state index is 12.5. The molecule has 12 heteroatoms. The maximum Gasteiger partial charge on any atom is 0.303 e. The lowest BCUT2D eigenvalue weighted by atomic mass is 9.99. The molecule has 5 atom stereocenters. The van der Waals surface area contributed by atoms with E-state index in [4.69, 9.17) is 18.9 Å². The first kappa shape index (κ1) is 27.5. The molecule has 37 heavy (non-hydrogen) atoms. The van der Waals surface area contributed by atoms with E-state index in [0.29, 0.717) is 5.56 Å². The Bertz CT molecular complexity index is 1170. The summed E-state index contributed by atoms with van der Waals surface area (Å²) in [6, 6.07) is 8.30. The lowest BCUT2D eigenvalue weighted by molar-refractivity contribution is -0.282. The zero-order valence-corrected chi connectivity index (χ0v) is 19.8. The molecule has 198 valence electrons. The van der Waals surface area contributed by atoms with Crippen LogP contribution >= 0.6 is 0 Å². The summed E-state index contributed by atoms with van der Waals surface area (Å²) in [7, 11) is 0. The summed E-state index contributed by atoms with van der Waals surface area (Å²) in [5, 5.41) is 51.2. The number of hydrogen-bond donors (Lipinski definition) is 5. The number of ether oxygens (including phenoxy) is 4. The van der Waals surface area contributed by atoms with Crippen LogP contribution in [0.25, 0.3) is 6.08 Å². The Labute approximate surface area is 210 Å². The second-order valence-corrected chi connectivity index (χ2v) is 8.12. The fourth-order valence-electron chi connectivity index (χ4n) is 3.49. The number of ketones is 1. The van der Waals surface area contributed by atoms with Crippen LogP contribution in [0.4, 0.5) is 0 Å². The average molecular weight is 518 g/mol. The molecule has 0 spiro atoms. The molecule has 3 rings (SSSR count). The molecular formula is C25H26O12. The predicted octanol–water partition coefficient (Wildman–Crippen LogP) is 1.02. The molecule has 0 amide bonds. The van der Waals surface area contributed by atoms with Gasteiger partial charge in [-0.25, -0.2) is 0 Å². The number of carbonyl (C=O) groups excluding carboxylic acids is 3. The van der Waals surface area contributed by atoms with E-state index < -0.39 is 72.3 Å². The summed E-state index contributed by atoms with van der Waals surface area (Å²) >= 11 is 0. The molecule has 1 aliphatic heterocycles. The molecule has 1 saturated heterocycles. The van der Waals surface area contributed by atoms with Crippen molar-refractivity contribution in [3.05, 3.63) is 53.6 Å². The highest BCUT2D eigenvalue weighted by molar-refractivity contribution is 6.09. The summed E-state index contributed by atoms with van der Waals surface area (Å²) in [5.41, 5.74) is 0.344. The number of hydrogen-bond acceptors (Lipinski definition) is 12. The molecule has 1 fully saturated rings. The van der Waals surface area contributed by atoms with Crippen LogP contribution in [-0.4, -0.2) is 80.6 Å². The highest BCUT2D eigenvalue weighted by Crippen LogP contribution is 2.40. The van der Waals surface area contributed by atoms with Gasteiger partial charge in [0.25, 0.3) is 0 Å². The fraction of sp³-hybridized carbons (Fsp3) is 0.320. The highest BCUT2D eigenvalue weighted by Gasteiger charge is 2.48. The lowest BCUT2D eigenvalue weighted by Crippen LogP contribution is -2.61. The van der Waals surface area contributed by atoms with Gasteiger partial charge in [0, 0.05) is 13.8 Å². The normalized spacial score (nSPS) is 23.4. The van der Waals surface area contributed by atoms with Crippen molar-refractivity contribution in [1.29, 1.82) is 0 Å². The number of esters is 2. The van der Waals surface area contributed by atoms with E-state index in [-0.39, 0.29) is 11.3 Å². The summed E-state index contributed by atoms with van der Waals surface area (Å²) in [5.74, 6) is -4.14. The maximum absolute atomic E-state index is 12.5. The molecule has 0 saturated carbocycles. The molecule has 12 nitrogen and oxygen atoms in total. The van der Waals surface area contributed by atoms with Gasteiger partial charge in [0.15, 0.2) is 29.5 Å². The van der Waals surface area contributed by atoms with Crippen molar-refractivity contribution < 1.29 is 58.9 Å². The Kier molecular flexibility index (Phi) is 8.71. The number of aliphatic hydroxyl groups excluding tert-OH is 2. The van der Waals surface area contributed by atoms with Crippen LogP contribution in [0.1, 0.15) is 29.8 Å². The van der Waals surface area contributed by atoms with Crippen molar-refractivity contribution in [3.8, 4) is 23.0 Å². The summed E-state index contributed by atoms with van der Waals surface area (Å²) in [6.07, 6.45) is -5.18. The van der Waals surface area contributed by atoms with Gasteiger partial charge in [-0.1, -0.05) is 18.2 Å². The molecule has 2 aromatic carbocycles. The number of benzene rings is 2. The van der Waals surface area contributed by atoms with Gasteiger partial charge in [-0.2, -0.15) is 0 Å². The summed E-state index contributed by atoms with van der Waals surface area (Å²) in [4.78, 5) is 35.2. The van der Waals surface area contributed by atoms with E-state index in [9.17, 15) is 39.9 Å². The van der Waals surface area contributed by atoms with Crippen LogP contribution in [0.3, 0.4) is 0 Å². The van der Waals surface area contributed by atoms with Crippen molar-refractivity contribution in [2.24, 2.45) is 0 Å². The van der Waals surface area contributed by atoms with Crippen molar-refractivity contribution in [1.82, 2.24) is 0 Å². The minimum absolute atomic E-state index is 0.0556. The molecule has 5 unspecified atom stereocenters. The molecule has 5 N–H and O–H groups in total. The third-order valence-electron chi connectivity index (χ3n) is 5.34. The van der Waals surface area contributed by atoms with Crippen molar-refractivity contribution in [2.75, 3.05) is 6.61 Å². The zero-order valence-electron chi connectivity index (χ0n) is 19.8. The smallest absolute Gasteiger partial charge is 0.303 e. The van der Waals surface area contributed by atoms with E-state index in [0.717, 1.165) is 32.1 Å². The lowest BCUT2D eigenvalue weighted by Gasteiger charge is -2.41. The highest BCUT2D eigenvalue weighted by atomic mass is 16.7. The Morgan fingerprint density at radius 1 is 0.919 bits per heavy atom. The molecule has 0 aliphatic carbocycles. The quantitative estimate of drug-likeness (QED) is 0.145. The minimum Gasteiger partial charge on any atom is -0.508 e. The number of phenolic OH excluding ortho intramolecular Hbond substituents is 3. The molecule has 1 aliphatic rings. The average Bonchev–Trinajstić information content (AvgIpc) is 2.84. The molecular weight excluding hydrogens is 492 g/mol. The van der Waals surface area contributed by atoms with Crippen LogP contribution in [-0.2, 0) is 23.8 Å². The fourth-order valence-corrected chi connectivity index (χ4v) is 3.49. The summed E-state index contributed by atoms with van der Waals surface area (Å²) in [6.45, 7) is 1.73. The summed E-state index contributed by atoms with van der Waals surface area (Å²) < 4.78 is 20.8. The number of allylic oxidation sites excluding steroid dienone is 1. The van der Waals surface area contributed by atoms with E-state index in [1.54, 1.807) is 12.1 Å². The van der Waals surface area contributed by atoms with Gasteiger partial charge in [-0.05, 0) is 35.9 Å². The standard InChI is InChI=1S/C25H26O12/c1-12(26)34-11-19-22(32)24(35-13(2)27)23(33)25(37-19)36-18-10-8-16(20(30)21(18)31)17(29)9-5-14-3-6-15(28)7-4-14/h3-10,19,22-25,28,30-33H,11H2,1-2H3. The molecule has 1 heterocycles. The Balaban J connectivity index is 1.80. The van der Waals surface area contributed by atoms with Crippen LogP contribution in [0.2, 0.25) is 0 Å². The zero-order chi connectivity index (χ0) is 27.3. The second kappa shape index (κ2) is 11.7.